The third-order valence-corrected chi connectivity index (χ3v) is 4.35. The van der Waals surface area contributed by atoms with Crippen LogP contribution in [-0.2, 0) is 0 Å². The number of allylic oxidation sites excluding steroid dienone is 1. The van der Waals surface area contributed by atoms with E-state index in [1.165, 1.54) is 11.1 Å². The minimum Gasteiger partial charge on any atom is -0.307 e. The Balaban J connectivity index is 2.14. The first-order chi connectivity index (χ1) is 9.88. The highest BCUT2D eigenvalue weighted by Crippen LogP contribution is 2.29. The van der Waals surface area contributed by atoms with Gasteiger partial charge in [0.15, 0.2) is 0 Å². The van der Waals surface area contributed by atoms with Crippen molar-refractivity contribution in [3.05, 3.63) is 47.5 Å². The van der Waals surface area contributed by atoms with Crippen molar-refractivity contribution in [2.24, 2.45) is 5.41 Å². The monoisotopic (exact) mass is 286 g/mol. The Morgan fingerprint density at radius 1 is 1.24 bits per heavy atom. The van der Waals surface area contributed by atoms with Crippen LogP contribution in [0.4, 0.5) is 0 Å². The molecule has 0 radical (unpaired) electrons. The van der Waals surface area contributed by atoms with Gasteiger partial charge in [0.25, 0.3) is 0 Å². The van der Waals surface area contributed by atoms with Gasteiger partial charge in [-0.2, -0.15) is 0 Å². The number of nitrogens with one attached hydrogen (secondary N) is 1. The summed E-state index contributed by atoms with van der Waals surface area (Å²) in [5.74, 6) is 0. The fraction of sp³-hybridized carbons (Fsp3) is 0.579. The lowest BCUT2D eigenvalue weighted by Gasteiger charge is -2.46. The quantitative estimate of drug-likeness (QED) is 0.845. The minimum absolute atomic E-state index is 0.296. The van der Waals surface area contributed by atoms with Gasteiger partial charge in [-0.05, 0) is 24.8 Å². The van der Waals surface area contributed by atoms with E-state index in [-0.39, 0.29) is 0 Å². The van der Waals surface area contributed by atoms with E-state index in [1.54, 1.807) is 0 Å². The Bertz CT molecular complexity index is 466. The Morgan fingerprint density at radius 2 is 1.90 bits per heavy atom. The van der Waals surface area contributed by atoms with Crippen LogP contribution in [-0.4, -0.2) is 30.6 Å². The lowest BCUT2D eigenvalue weighted by molar-refractivity contribution is 0.0656. The van der Waals surface area contributed by atoms with Crippen LogP contribution in [0.1, 0.15) is 46.2 Å². The number of hydrogen-bond acceptors (Lipinski definition) is 2. The van der Waals surface area contributed by atoms with Crippen LogP contribution in [0, 0.1) is 5.41 Å². The molecule has 21 heavy (non-hydrogen) atoms. The summed E-state index contributed by atoms with van der Waals surface area (Å²) >= 11 is 0. The molecular weight excluding hydrogens is 256 g/mol. The summed E-state index contributed by atoms with van der Waals surface area (Å²) in [4.78, 5) is 2.64. The Labute approximate surface area is 130 Å². The van der Waals surface area contributed by atoms with E-state index < -0.39 is 0 Å². The fourth-order valence-electron chi connectivity index (χ4n) is 3.07. The molecule has 2 unspecified atom stereocenters. The first-order valence-corrected chi connectivity index (χ1v) is 8.03. The number of rotatable bonds is 3. The third-order valence-electron chi connectivity index (χ3n) is 4.35. The predicted octanol–water partition coefficient (Wildman–Crippen LogP) is 4.01. The first-order valence-electron chi connectivity index (χ1n) is 8.03. The van der Waals surface area contributed by atoms with E-state index in [0.717, 1.165) is 19.6 Å². The molecule has 2 rings (SSSR count). The molecule has 2 nitrogen and oxygen atoms in total. The molecule has 0 aliphatic carbocycles. The van der Waals surface area contributed by atoms with Crippen molar-refractivity contribution in [1.82, 2.24) is 10.2 Å². The summed E-state index contributed by atoms with van der Waals surface area (Å²) in [5.41, 5.74) is 3.09. The topological polar surface area (TPSA) is 15.3 Å². The molecule has 0 bridgehead atoms. The lowest BCUT2D eigenvalue weighted by atomic mass is 9.83. The van der Waals surface area contributed by atoms with Gasteiger partial charge < -0.3 is 5.32 Å². The highest BCUT2D eigenvalue weighted by atomic mass is 15.2. The fourth-order valence-corrected chi connectivity index (χ4v) is 3.07. The highest BCUT2D eigenvalue weighted by Gasteiger charge is 2.35. The van der Waals surface area contributed by atoms with Crippen molar-refractivity contribution in [2.45, 2.75) is 46.7 Å². The predicted molar refractivity (Wildman–Crippen MR) is 91.4 cm³/mol. The van der Waals surface area contributed by atoms with Crippen molar-refractivity contribution >= 4 is 0 Å². The van der Waals surface area contributed by atoms with Crippen molar-refractivity contribution in [3.8, 4) is 0 Å². The Morgan fingerprint density at radius 3 is 2.48 bits per heavy atom. The maximum atomic E-state index is 3.75. The largest absolute Gasteiger partial charge is 0.307 e. The summed E-state index contributed by atoms with van der Waals surface area (Å²) in [5, 5.41) is 3.75. The van der Waals surface area contributed by atoms with E-state index in [2.05, 4.69) is 81.2 Å². The maximum Gasteiger partial charge on any atom is 0.0450 e. The molecule has 1 N–H and O–H groups in total. The number of piperazine rings is 1. The Kier molecular flexibility index (Phi) is 5.23. The second-order valence-corrected chi connectivity index (χ2v) is 7.49. The number of hydrogen-bond donors (Lipinski definition) is 1. The van der Waals surface area contributed by atoms with Crippen molar-refractivity contribution in [3.63, 3.8) is 0 Å². The molecule has 1 saturated heterocycles. The molecule has 0 spiro atoms. The molecular formula is C19H30N2. The van der Waals surface area contributed by atoms with E-state index in [1.807, 2.05) is 0 Å². The molecule has 1 aliphatic heterocycles. The average Bonchev–Trinajstić information content (AvgIpc) is 2.44. The van der Waals surface area contributed by atoms with Crippen LogP contribution in [0.25, 0.3) is 0 Å². The highest BCUT2D eigenvalue weighted by molar-refractivity contribution is 5.20. The molecule has 2 atom stereocenters. The van der Waals surface area contributed by atoms with E-state index >= 15 is 0 Å². The van der Waals surface area contributed by atoms with Gasteiger partial charge in [-0.1, -0.05) is 62.8 Å². The van der Waals surface area contributed by atoms with Crippen LogP contribution in [0.2, 0.25) is 0 Å². The number of nitrogens with zero attached hydrogens (tertiary/aromatic N) is 1. The van der Waals surface area contributed by atoms with Crippen molar-refractivity contribution in [1.29, 1.82) is 0 Å². The zero-order chi connectivity index (χ0) is 15.5. The third kappa shape index (κ3) is 4.42. The van der Waals surface area contributed by atoms with Gasteiger partial charge in [-0.15, -0.1) is 0 Å². The van der Waals surface area contributed by atoms with E-state index in [4.69, 9.17) is 0 Å². The van der Waals surface area contributed by atoms with Gasteiger partial charge in [-0.25, -0.2) is 0 Å². The summed E-state index contributed by atoms with van der Waals surface area (Å²) in [7, 11) is 0. The van der Waals surface area contributed by atoms with E-state index in [9.17, 15) is 0 Å². The van der Waals surface area contributed by atoms with Crippen molar-refractivity contribution in [2.75, 3.05) is 19.6 Å². The second kappa shape index (κ2) is 6.76. The van der Waals surface area contributed by atoms with Crippen LogP contribution in [0.3, 0.4) is 0 Å². The molecule has 0 amide bonds. The molecule has 1 aromatic carbocycles. The molecule has 1 aromatic rings. The average molecular weight is 286 g/mol. The van der Waals surface area contributed by atoms with Crippen LogP contribution < -0.4 is 5.32 Å². The Hall–Kier alpha value is -1.12. The van der Waals surface area contributed by atoms with Gasteiger partial charge in [0.2, 0.25) is 0 Å². The van der Waals surface area contributed by atoms with Gasteiger partial charge in [0.05, 0.1) is 0 Å². The smallest absolute Gasteiger partial charge is 0.0450 e. The van der Waals surface area contributed by atoms with E-state index in [0.29, 0.717) is 17.5 Å². The summed E-state index contributed by atoms with van der Waals surface area (Å²) in [6.07, 6.45) is 2.35. The van der Waals surface area contributed by atoms with Crippen LogP contribution in [0.5, 0.6) is 0 Å². The van der Waals surface area contributed by atoms with Gasteiger partial charge >= 0.3 is 0 Å². The molecule has 0 saturated carbocycles. The first kappa shape index (κ1) is 16.3. The van der Waals surface area contributed by atoms with Gasteiger partial charge in [-0.3, -0.25) is 4.90 Å². The molecule has 1 aliphatic rings. The molecule has 0 aromatic heterocycles. The minimum atomic E-state index is 0.296. The summed E-state index contributed by atoms with van der Waals surface area (Å²) < 4.78 is 0. The standard InChI is InChI=1S/C19H30N2/c1-15(2)11-12-21-14-17(16-9-7-6-8-10-16)20-13-18(21)19(3,4)5/h6-11,17-18,20H,12-14H2,1-5H3. The van der Waals surface area contributed by atoms with Crippen LogP contribution >= 0.6 is 0 Å². The second-order valence-electron chi connectivity index (χ2n) is 7.49. The molecule has 1 heterocycles. The molecule has 116 valence electrons. The number of benzene rings is 1. The van der Waals surface area contributed by atoms with Gasteiger partial charge in [0, 0.05) is 31.7 Å². The van der Waals surface area contributed by atoms with Crippen molar-refractivity contribution < 1.29 is 0 Å². The summed E-state index contributed by atoms with van der Waals surface area (Å²) in [6.45, 7) is 14.6. The lowest BCUT2D eigenvalue weighted by Crippen LogP contribution is -2.57. The zero-order valence-corrected chi connectivity index (χ0v) is 14.2. The SMILES string of the molecule is CC(C)=CCN1CC(c2ccccc2)NCC1C(C)(C)C. The van der Waals surface area contributed by atoms with Gasteiger partial charge in [0.1, 0.15) is 0 Å². The molecule has 1 fully saturated rings. The normalized spacial score (nSPS) is 23.9. The zero-order valence-electron chi connectivity index (χ0n) is 14.2. The summed E-state index contributed by atoms with van der Waals surface area (Å²) in [6, 6.07) is 11.8. The van der Waals surface area contributed by atoms with Crippen LogP contribution in [0.15, 0.2) is 42.0 Å². The maximum absolute atomic E-state index is 3.75. The molecule has 2 heteroatoms.